The fraction of sp³-hybridized carbons (Fsp3) is 0.192. The zero-order valence-electron chi connectivity index (χ0n) is 19.2. The molecule has 0 bridgehead atoms. The van der Waals surface area contributed by atoms with Gasteiger partial charge in [0.05, 0.1) is 10.6 Å². The number of halogens is 3. The van der Waals surface area contributed by atoms with Gasteiger partial charge in [-0.25, -0.2) is 8.42 Å². The number of primary amides is 1. The lowest BCUT2D eigenvalue weighted by molar-refractivity contribution is -0.274. The lowest BCUT2D eigenvalue weighted by Gasteiger charge is -2.13. The maximum atomic E-state index is 12.5. The number of amides is 1. The Morgan fingerprint density at radius 3 is 2.17 bits per heavy atom. The van der Waals surface area contributed by atoms with Crippen LogP contribution in [0.25, 0.3) is 10.9 Å². The summed E-state index contributed by atoms with van der Waals surface area (Å²) in [7, 11) is -3.31. The van der Waals surface area contributed by atoms with Crippen LogP contribution in [-0.2, 0) is 22.8 Å². The normalized spacial score (nSPS) is 12.1. The van der Waals surface area contributed by atoms with Crippen molar-refractivity contribution in [2.45, 2.75) is 31.1 Å². The Hall–Kier alpha value is -3.79. The third kappa shape index (κ3) is 5.71. The average molecular weight is 517 g/mol. The third-order valence-corrected chi connectivity index (χ3v) is 7.57. The maximum absolute atomic E-state index is 12.5. The van der Waals surface area contributed by atoms with Gasteiger partial charge in [-0.15, -0.1) is 13.2 Å². The van der Waals surface area contributed by atoms with Gasteiger partial charge in [-0.1, -0.05) is 31.2 Å². The summed E-state index contributed by atoms with van der Waals surface area (Å²) >= 11 is 0. The first-order valence-corrected chi connectivity index (χ1v) is 12.7. The smallest absolute Gasteiger partial charge is 0.406 e. The highest BCUT2D eigenvalue weighted by Gasteiger charge is 2.31. The molecule has 0 aliphatic heterocycles. The van der Waals surface area contributed by atoms with Gasteiger partial charge in [0.2, 0.25) is 5.91 Å². The fourth-order valence-electron chi connectivity index (χ4n) is 3.98. The Morgan fingerprint density at radius 1 is 0.944 bits per heavy atom. The number of aromatic nitrogens is 1. The number of ether oxygens (including phenoxy) is 1. The lowest BCUT2D eigenvalue weighted by Crippen LogP contribution is -2.17. The van der Waals surface area contributed by atoms with Crippen molar-refractivity contribution in [3.05, 3.63) is 95.2 Å². The number of nitrogens with zero attached hydrogens (tertiary/aromatic N) is 1. The van der Waals surface area contributed by atoms with Gasteiger partial charge in [0, 0.05) is 35.1 Å². The summed E-state index contributed by atoms with van der Waals surface area (Å²) in [6, 6.07) is 19.3. The molecule has 0 unspecified atom stereocenters. The number of fused-ring (bicyclic) bond motifs is 1. The summed E-state index contributed by atoms with van der Waals surface area (Å²) in [5.74, 6) is -0.855. The molecule has 4 rings (SSSR count). The van der Waals surface area contributed by atoms with Gasteiger partial charge in [0.25, 0.3) is 0 Å². The van der Waals surface area contributed by atoms with Crippen LogP contribution in [0.5, 0.6) is 5.75 Å². The Bertz CT molecular complexity index is 1510. The van der Waals surface area contributed by atoms with Crippen molar-refractivity contribution < 1.29 is 31.1 Å². The monoisotopic (exact) mass is 516 g/mol. The van der Waals surface area contributed by atoms with E-state index in [1.165, 1.54) is 12.1 Å². The van der Waals surface area contributed by atoms with Gasteiger partial charge in [-0.2, -0.15) is 0 Å². The van der Waals surface area contributed by atoms with Crippen LogP contribution in [0.2, 0.25) is 0 Å². The van der Waals surface area contributed by atoms with Crippen molar-refractivity contribution in [1.29, 1.82) is 0 Å². The first-order valence-electron chi connectivity index (χ1n) is 11.0. The van der Waals surface area contributed by atoms with Crippen LogP contribution >= 0.6 is 0 Å². The summed E-state index contributed by atoms with van der Waals surface area (Å²) in [6.45, 7) is 1.94. The highest BCUT2D eigenvalue weighted by molar-refractivity contribution is 7.91. The van der Waals surface area contributed by atoms with Gasteiger partial charge < -0.3 is 15.0 Å². The number of sulfone groups is 1. The molecule has 1 amide bonds. The first kappa shape index (κ1) is 25.3. The highest BCUT2D eigenvalue weighted by Crippen LogP contribution is 2.27. The minimum atomic E-state index is -4.77. The van der Waals surface area contributed by atoms with Crippen LogP contribution in [0.1, 0.15) is 34.1 Å². The molecule has 0 radical (unpaired) electrons. The molecule has 0 aliphatic rings. The Morgan fingerprint density at radius 2 is 1.58 bits per heavy atom. The van der Waals surface area contributed by atoms with Crippen molar-refractivity contribution in [3.63, 3.8) is 0 Å². The molecule has 6 nitrogen and oxygen atoms in total. The van der Waals surface area contributed by atoms with Crippen molar-refractivity contribution in [2.24, 2.45) is 5.73 Å². The average Bonchev–Trinajstić information content (AvgIpc) is 3.15. The highest BCUT2D eigenvalue weighted by atomic mass is 32.2. The number of rotatable bonds is 8. The number of nitrogens with two attached hydrogens (primary N) is 1. The molecule has 0 fully saturated rings. The zero-order valence-corrected chi connectivity index (χ0v) is 20.1. The van der Waals surface area contributed by atoms with E-state index < -0.39 is 22.1 Å². The molecule has 4 aromatic rings. The second-order valence-corrected chi connectivity index (χ2v) is 10.6. The van der Waals surface area contributed by atoms with Gasteiger partial charge in [-0.3, -0.25) is 4.79 Å². The topological polar surface area (TPSA) is 91.4 Å². The molecule has 0 spiro atoms. The number of benzene rings is 3. The molecule has 1 heterocycles. The minimum absolute atomic E-state index is 0.00951. The molecule has 36 heavy (non-hydrogen) atoms. The van der Waals surface area contributed by atoms with Crippen LogP contribution in [0.4, 0.5) is 13.2 Å². The van der Waals surface area contributed by atoms with Crippen LogP contribution in [-0.4, -0.2) is 31.0 Å². The molecule has 188 valence electrons. The standard InChI is InChI=1S/C26H23F3N2O4S/c1-2-36(33,34)23-10-5-17(6-11-23)13-21-15-20-14-19(25(30)32)7-12-24(20)31(21)16-18-3-8-22(9-4-18)35-26(27,28)29/h3-12,14-15H,2,13,16H2,1H3,(H2,30,32). The van der Waals surface area contributed by atoms with Crippen LogP contribution in [0, 0.1) is 0 Å². The number of hydrogen-bond acceptors (Lipinski definition) is 4. The van der Waals surface area contributed by atoms with Gasteiger partial charge in [0.15, 0.2) is 9.84 Å². The second-order valence-electron chi connectivity index (χ2n) is 8.28. The number of carbonyl (C=O) groups is 1. The van der Waals surface area contributed by atoms with Crippen LogP contribution < -0.4 is 10.5 Å². The molecule has 0 atom stereocenters. The van der Waals surface area contributed by atoms with Crippen molar-refractivity contribution in [1.82, 2.24) is 4.57 Å². The summed E-state index contributed by atoms with van der Waals surface area (Å²) in [6.07, 6.45) is -4.31. The van der Waals surface area contributed by atoms with Crippen LogP contribution in [0.3, 0.4) is 0 Å². The molecule has 1 aromatic heterocycles. The van der Waals surface area contributed by atoms with E-state index in [4.69, 9.17) is 5.73 Å². The van der Waals surface area contributed by atoms with E-state index >= 15 is 0 Å². The Labute approximate surface area is 206 Å². The van der Waals surface area contributed by atoms with E-state index in [0.29, 0.717) is 18.5 Å². The SMILES string of the molecule is CCS(=O)(=O)c1ccc(Cc2cc3cc(C(N)=O)ccc3n2Cc2ccc(OC(F)(F)F)cc2)cc1. The van der Waals surface area contributed by atoms with E-state index in [2.05, 4.69) is 4.74 Å². The summed E-state index contributed by atoms with van der Waals surface area (Å²) in [5.41, 5.74) is 9.08. The fourth-order valence-corrected chi connectivity index (χ4v) is 4.87. The summed E-state index contributed by atoms with van der Waals surface area (Å²) in [4.78, 5) is 11.9. The summed E-state index contributed by atoms with van der Waals surface area (Å²) < 4.78 is 67.7. The quantitative estimate of drug-likeness (QED) is 0.354. The molecule has 0 aliphatic carbocycles. The van der Waals surface area contributed by atoms with E-state index in [0.717, 1.165) is 27.7 Å². The van der Waals surface area contributed by atoms with E-state index in [1.807, 2.05) is 10.6 Å². The van der Waals surface area contributed by atoms with Gasteiger partial charge in [-0.05, 0) is 59.7 Å². The van der Waals surface area contributed by atoms with Gasteiger partial charge >= 0.3 is 6.36 Å². The molecule has 0 saturated heterocycles. The lowest BCUT2D eigenvalue weighted by atomic mass is 10.1. The molecule has 3 aromatic carbocycles. The van der Waals surface area contributed by atoms with E-state index in [9.17, 15) is 26.4 Å². The molecular weight excluding hydrogens is 493 g/mol. The van der Waals surface area contributed by atoms with Gasteiger partial charge in [0.1, 0.15) is 5.75 Å². The molecule has 2 N–H and O–H groups in total. The second kappa shape index (κ2) is 9.69. The molecular formula is C26H23F3N2O4S. The Balaban J connectivity index is 1.69. The summed E-state index contributed by atoms with van der Waals surface area (Å²) in [5, 5.41) is 0.781. The van der Waals surface area contributed by atoms with Crippen LogP contribution in [0.15, 0.2) is 77.7 Å². The number of hydrogen-bond donors (Lipinski definition) is 1. The number of carbonyl (C=O) groups excluding carboxylic acids is 1. The van der Waals surface area contributed by atoms with E-state index in [-0.39, 0.29) is 16.4 Å². The number of alkyl halides is 3. The maximum Gasteiger partial charge on any atom is 0.573 e. The third-order valence-electron chi connectivity index (χ3n) is 5.82. The van der Waals surface area contributed by atoms with Crippen molar-refractivity contribution in [3.8, 4) is 5.75 Å². The minimum Gasteiger partial charge on any atom is -0.406 e. The largest absolute Gasteiger partial charge is 0.573 e. The predicted octanol–water partition coefficient (Wildman–Crippen LogP) is 5.07. The van der Waals surface area contributed by atoms with E-state index in [1.54, 1.807) is 61.5 Å². The molecule has 10 heteroatoms. The van der Waals surface area contributed by atoms with Crippen molar-refractivity contribution in [2.75, 3.05) is 5.75 Å². The first-order chi connectivity index (χ1) is 16.9. The Kier molecular flexibility index (Phi) is 6.81. The van der Waals surface area contributed by atoms with Crippen molar-refractivity contribution >= 4 is 26.6 Å². The predicted molar refractivity (Wildman–Crippen MR) is 130 cm³/mol. The zero-order chi connectivity index (χ0) is 26.1. The molecule has 0 saturated carbocycles.